The average molecular weight is 285 g/mol. The van der Waals surface area contributed by atoms with Gasteiger partial charge in [-0.05, 0) is 49.9 Å². The molecule has 0 bridgehead atoms. The molecule has 110 valence electrons. The van der Waals surface area contributed by atoms with E-state index in [0.29, 0.717) is 18.0 Å². The van der Waals surface area contributed by atoms with E-state index in [4.69, 9.17) is 0 Å². The Morgan fingerprint density at radius 3 is 2.35 bits per heavy atom. The molecule has 0 radical (unpaired) electrons. The van der Waals surface area contributed by atoms with Crippen LogP contribution in [0.25, 0.3) is 0 Å². The molecule has 1 saturated carbocycles. The van der Waals surface area contributed by atoms with Gasteiger partial charge in [0.05, 0.1) is 11.5 Å². The quantitative estimate of drug-likeness (QED) is 0.868. The van der Waals surface area contributed by atoms with E-state index < -0.39 is 11.7 Å². The first-order valence-electron chi connectivity index (χ1n) is 6.76. The molecule has 5 heteroatoms. The highest BCUT2D eigenvalue weighted by molar-refractivity contribution is 5.83. The number of carbonyl (C=O) groups is 1. The third kappa shape index (κ3) is 4.07. The third-order valence-corrected chi connectivity index (χ3v) is 3.61. The largest absolute Gasteiger partial charge is 0.416 e. The molecule has 0 aliphatic heterocycles. The van der Waals surface area contributed by atoms with Gasteiger partial charge in [-0.1, -0.05) is 12.1 Å². The van der Waals surface area contributed by atoms with Gasteiger partial charge in [-0.15, -0.1) is 0 Å². The van der Waals surface area contributed by atoms with E-state index in [1.807, 2.05) is 0 Å². The summed E-state index contributed by atoms with van der Waals surface area (Å²) in [5, 5.41) is 3.23. The fourth-order valence-corrected chi connectivity index (χ4v) is 2.15. The molecule has 1 aliphatic carbocycles. The minimum Gasteiger partial charge on any atom is -0.315 e. The van der Waals surface area contributed by atoms with Crippen molar-refractivity contribution in [3.8, 4) is 0 Å². The predicted octanol–water partition coefficient (Wildman–Crippen LogP) is 3.38. The second-order valence-electron chi connectivity index (χ2n) is 5.38. The number of carbonyl (C=O) groups excluding carboxylic acids is 1. The molecule has 1 aromatic rings. The summed E-state index contributed by atoms with van der Waals surface area (Å²) in [5.74, 6) is 0.291. The third-order valence-electron chi connectivity index (χ3n) is 3.61. The lowest BCUT2D eigenvalue weighted by Gasteiger charge is -2.16. The molecule has 2 rings (SSSR count). The van der Waals surface area contributed by atoms with E-state index in [2.05, 4.69) is 5.32 Å². The summed E-state index contributed by atoms with van der Waals surface area (Å²) in [6.07, 6.45) is -1.90. The van der Waals surface area contributed by atoms with Crippen LogP contribution in [-0.2, 0) is 11.0 Å². The van der Waals surface area contributed by atoms with Crippen LogP contribution in [0.4, 0.5) is 13.2 Å². The molecular formula is C15H18F3NO. The number of alkyl halides is 3. The van der Waals surface area contributed by atoms with Crippen LogP contribution >= 0.6 is 0 Å². The lowest BCUT2D eigenvalue weighted by atomic mass is 9.94. The van der Waals surface area contributed by atoms with Crippen molar-refractivity contribution in [2.24, 2.45) is 5.92 Å². The minimum atomic E-state index is -4.34. The van der Waals surface area contributed by atoms with Crippen molar-refractivity contribution in [1.82, 2.24) is 5.32 Å². The number of benzene rings is 1. The smallest absolute Gasteiger partial charge is 0.315 e. The van der Waals surface area contributed by atoms with Crippen molar-refractivity contribution < 1.29 is 18.0 Å². The first-order valence-corrected chi connectivity index (χ1v) is 6.76. The Balaban J connectivity index is 2.02. The standard InChI is InChI=1S/C15H18F3NO/c1-10(20)14(9-19-8-11-2-3-11)12-4-6-13(7-5-12)15(16,17)18/h4-7,11,14,19H,2-3,8-9H2,1H3. The van der Waals surface area contributed by atoms with Crippen LogP contribution in [0.3, 0.4) is 0 Å². The summed E-state index contributed by atoms with van der Waals surface area (Å²) >= 11 is 0. The van der Waals surface area contributed by atoms with Gasteiger partial charge in [-0.3, -0.25) is 4.79 Å². The Hall–Kier alpha value is -1.36. The molecule has 20 heavy (non-hydrogen) atoms. The van der Waals surface area contributed by atoms with Gasteiger partial charge in [0.2, 0.25) is 0 Å². The zero-order valence-electron chi connectivity index (χ0n) is 11.3. The van der Waals surface area contributed by atoms with Gasteiger partial charge in [0.25, 0.3) is 0 Å². The van der Waals surface area contributed by atoms with Crippen molar-refractivity contribution in [1.29, 1.82) is 0 Å². The van der Waals surface area contributed by atoms with Gasteiger partial charge in [0, 0.05) is 6.54 Å². The molecule has 2 nitrogen and oxygen atoms in total. The van der Waals surface area contributed by atoms with Crippen LogP contribution in [0.2, 0.25) is 0 Å². The summed E-state index contributed by atoms with van der Waals surface area (Å²) in [6.45, 7) is 2.84. The predicted molar refractivity (Wildman–Crippen MR) is 70.5 cm³/mol. The van der Waals surface area contributed by atoms with Crippen molar-refractivity contribution in [2.75, 3.05) is 13.1 Å². The lowest BCUT2D eigenvalue weighted by Crippen LogP contribution is -2.27. The number of hydrogen-bond acceptors (Lipinski definition) is 2. The summed E-state index contributed by atoms with van der Waals surface area (Å²) in [6, 6.07) is 4.86. The van der Waals surface area contributed by atoms with Gasteiger partial charge >= 0.3 is 6.18 Å². The Bertz CT molecular complexity index is 463. The van der Waals surface area contributed by atoms with Gasteiger partial charge in [-0.25, -0.2) is 0 Å². The van der Waals surface area contributed by atoms with E-state index in [0.717, 1.165) is 18.7 Å². The fraction of sp³-hybridized carbons (Fsp3) is 0.533. The van der Waals surface area contributed by atoms with E-state index >= 15 is 0 Å². The topological polar surface area (TPSA) is 29.1 Å². The molecule has 1 fully saturated rings. The summed E-state index contributed by atoms with van der Waals surface area (Å²) in [7, 11) is 0. The maximum absolute atomic E-state index is 12.5. The Morgan fingerprint density at radius 1 is 1.30 bits per heavy atom. The molecule has 0 aromatic heterocycles. The summed E-state index contributed by atoms with van der Waals surface area (Å²) < 4.78 is 37.5. The molecule has 0 spiro atoms. The van der Waals surface area contributed by atoms with Crippen molar-refractivity contribution in [2.45, 2.75) is 31.9 Å². The SMILES string of the molecule is CC(=O)C(CNCC1CC1)c1ccc(C(F)(F)F)cc1. The zero-order valence-corrected chi connectivity index (χ0v) is 11.3. The average Bonchev–Trinajstić information content (AvgIpc) is 3.17. The van der Waals surface area contributed by atoms with Crippen LogP contribution in [-0.4, -0.2) is 18.9 Å². The first-order chi connectivity index (χ1) is 9.38. The molecule has 1 aliphatic rings. The second-order valence-corrected chi connectivity index (χ2v) is 5.38. The van der Waals surface area contributed by atoms with Crippen LogP contribution in [0.5, 0.6) is 0 Å². The first kappa shape index (κ1) is 15.0. The number of nitrogens with one attached hydrogen (secondary N) is 1. The van der Waals surface area contributed by atoms with Crippen molar-refractivity contribution >= 4 is 5.78 Å². The molecule has 1 atom stereocenters. The highest BCUT2D eigenvalue weighted by Crippen LogP contribution is 2.30. The number of rotatable bonds is 6. The van der Waals surface area contributed by atoms with Crippen molar-refractivity contribution in [3.05, 3.63) is 35.4 Å². The number of Topliss-reactive ketones (excluding diaryl/α,β-unsaturated/α-hetero) is 1. The fourth-order valence-electron chi connectivity index (χ4n) is 2.15. The monoisotopic (exact) mass is 285 g/mol. The van der Waals surface area contributed by atoms with Gasteiger partial charge in [-0.2, -0.15) is 13.2 Å². The Kier molecular flexibility index (Phi) is 4.48. The number of halogens is 3. The van der Waals surface area contributed by atoms with Crippen LogP contribution in [0.15, 0.2) is 24.3 Å². The Morgan fingerprint density at radius 2 is 1.90 bits per heavy atom. The minimum absolute atomic E-state index is 0.0342. The van der Waals surface area contributed by atoms with Gasteiger partial charge < -0.3 is 5.32 Å². The summed E-state index contributed by atoms with van der Waals surface area (Å²) in [5.41, 5.74) is -0.0525. The molecule has 1 N–H and O–H groups in total. The highest BCUT2D eigenvalue weighted by Gasteiger charge is 2.30. The Labute approximate surface area is 116 Å². The van der Waals surface area contributed by atoms with Crippen molar-refractivity contribution in [3.63, 3.8) is 0 Å². The molecule has 0 amide bonds. The van der Waals surface area contributed by atoms with Gasteiger partial charge in [0.15, 0.2) is 0 Å². The maximum atomic E-state index is 12.5. The molecule has 0 saturated heterocycles. The normalized spacial score (nSPS) is 17.0. The highest BCUT2D eigenvalue weighted by atomic mass is 19.4. The van der Waals surface area contributed by atoms with Gasteiger partial charge in [0.1, 0.15) is 5.78 Å². The van der Waals surface area contributed by atoms with Crippen LogP contribution in [0, 0.1) is 5.92 Å². The van der Waals surface area contributed by atoms with E-state index in [1.165, 1.54) is 31.9 Å². The maximum Gasteiger partial charge on any atom is 0.416 e. The summed E-state index contributed by atoms with van der Waals surface area (Å²) in [4.78, 5) is 11.7. The molecule has 1 aromatic carbocycles. The van der Waals surface area contributed by atoms with E-state index in [9.17, 15) is 18.0 Å². The number of hydrogen-bond donors (Lipinski definition) is 1. The zero-order chi connectivity index (χ0) is 14.8. The number of ketones is 1. The molecular weight excluding hydrogens is 267 g/mol. The van der Waals surface area contributed by atoms with Crippen LogP contribution in [0.1, 0.15) is 36.8 Å². The van der Waals surface area contributed by atoms with Crippen LogP contribution < -0.4 is 5.32 Å². The lowest BCUT2D eigenvalue weighted by molar-refractivity contribution is -0.137. The second kappa shape index (κ2) is 5.95. The molecule has 1 unspecified atom stereocenters. The molecule has 0 heterocycles. The van der Waals surface area contributed by atoms with E-state index in [-0.39, 0.29) is 11.7 Å². The van der Waals surface area contributed by atoms with E-state index in [1.54, 1.807) is 0 Å².